The molecule has 4 N–H and O–H groups in total. The first-order chi connectivity index (χ1) is 12.6. The topological polar surface area (TPSA) is 122 Å². The maximum Gasteiger partial charge on any atom is 0.319 e. The van der Waals surface area contributed by atoms with Gasteiger partial charge >= 0.3 is 6.03 Å². The van der Waals surface area contributed by atoms with E-state index in [4.69, 9.17) is 4.74 Å². The maximum atomic E-state index is 12.1. The Morgan fingerprint density at radius 3 is 2.81 bits per heavy atom. The van der Waals surface area contributed by atoms with Crippen molar-refractivity contribution in [3.05, 3.63) is 42.2 Å². The fourth-order valence-corrected chi connectivity index (χ4v) is 3.19. The van der Waals surface area contributed by atoms with Crippen LogP contribution >= 0.6 is 0 Å². The van der Waals surface area contributed by atoms with Crippen LogP contribution in [0.15, 0.2) is 36.5 Å². The molecule has 1 aliphatic rings. The van der Waals surface area contributed by atoms with Crippen LogP contribution in [0.3, 0.4) is 0 Å². The minimum atomic E-state index is -1.04. The highest BCUT2D eigenvalue weighted by molar-refractivity contribution is 5.89. The van der Waals surface area contributed by atoms with Crippen molar-refractivity contribution in [3.63, 3.8) is 0 Å². The van der Waals surface area contributed by atoms with Crippen LogP contribution in [0.2, 0.25) is 0 Å². The number of anilines is 1. The average molecular weight is 361 g/mol. The van der Waals surface area contributed by atoms with Crippen molar-refractivity contribution in [3.8, 4) is 0 Å². The number of amides is 2. The molecule has 9 heteroatoms. The fraction of sp³-hybridized carbons (Fsp3) is 0.471. The number of hydrogen-bond acceptors (Lipinski definition) is 6. The van der Waals surface area contributed by atoms with E-state index in [1.807, 2.05) is 18.2 Å². The van der Waals surface area contributed by atoms with E-state index < -0.39 is 24.3 Å². The number of aromatic nitrogens is 3. The number of rotatable bonds is 6. The molecule has 1 aromatic heterocycles. The zero-order valence-electron chi connectivity index (χ0n) is 14.4. The molecule has 0 spiro atoms. The molecule has 1 fully saturated rings. The number of para-hydroxylation sites is 1. The first-order valence-electron chi connectivity index (χ1n) is 8.43. The number of aliphatic hydroxyl groups is 2. The van der Waals surface area contributed by atoms with Gasteiger partial charge in [0.25, 0.3) is 0 Å². The first kappa shape index (κ1) is 18.3. The van der Waals surface area contributed by atoms with E-state index in [2.05, 4.69) is 20.9 Å². The van der Waals surface area contributed by atoms with Gasteiger partial charge in [-0.3, -0.25) is 4.68 Å². The minimum absolute atomic E-state index is 0.246. The fourth-order valence-electron chi connectivity index (χ4n) is 3.19. The molecule has 4 atom stereocenters. The Hall–Kier alpha value is -2.49. The summed E-state index contributed by atoms with van der Waals surface area (Å²) in [5.74, 6) is -0.246. The van der Waals surface area contributed by atoms with E-state index in [1.165, 1.54) is 0 Å². The molecule has 3 rings (SSSR count). The second-order valence-electron chi connectivity index (χ2n) is 6.41. The lowest BCUT2D eigenvalue weighted by Crippen LogP contribution is -2.44. The lowest BCUT2D eigenvalue weighted by molar-refractivity contribution is 0.00877. The Bertz CT molecular complexity index is 723. The van der Waals surface area contributed by atoms with Crippen LogP contribution in [0, 0.1) is 5.92 Å². The monoisotopic (exact) mass is 361 g/mol. The van der Waals surface area contributed by atoms with Gasteiger partial charge in [-0.2, -0.15) is 0 Å². The molecule has 4 unspecified atom stereocenters. The predicted molar refractivity (Wildman–Crippen MR) is 93.2 cm³/mol. The van der Waals surface area contributed by atoms with Crippen molar-refractivity contribution in [1.82, 2.24) is 20.3 Å². The second-order valence-corrected chi connectivity index (χ2v) is 6.41. The Labute approximate surface area is 151 Å². The molecular formula is C17H23N5O4. The van der Waals surface area contributed by atoms with Crippen LogP contribution in [-0.2, 0) is 17.9 Å². The standard InChI is InChI=1S/C17H23N5O4/c1-26-10-13-9-22(21-20-13)8-11-7-14(16(24)15(11)23)19-17(25)18-12-5-3-2-4-6-12/h2-6,9,11,14-16,23-24H,7-8,10H2,1H3,(H2,18,19,25). The van der Waals surface area contributed by atoms with E-state index in [1.54, 1.807) is 30.1 Å². The number of ether oxygens (including phenoxy) is 1. The first-order valence-corrected chi connectivity index (χ1v) is 8.43. The van der Waals surface area contributed by atoms with Crippen molar-refractivity contribution in [2.45, 2.75) is 37.8 Å². The van der Waals surface area contributed by atoms with E-state index in [-0.39, 0.29) is 5.92 Å². The van der Waals surface area contributed by atoms with Crippen molar-refractivity contribution >= 4 is 11.7 Å². The zero-order chi connectivity index (χ0) is 18.5. The van der Waals surface area contributed by atoms with Crippen LogP contribution in [0.4, 0.5) is 10.5 Å². The highest BCUT2D eigenvalue weighted by Crippen LogP contribution is 2.28. The molecule has 1 aromatic carbocycles. The van der Waals surface area contributed by atoms with Crippen molar-refractivity contribution in [2.24, 2.45) is 5.92 Å². The number of hydrogen-bond donors (Lipinski definition) is 4. The summed E-state index contributed by atoms with van der Waals surface area (Å²) in [7, 11) is 1.58. The van der Waals surface area contributed by atoms with Crippen LogP contribution in [0.1, 0.15) is 12.1 Å². The van der Waals surface area contributed by atoms with E-state index >= 15 is 0 Å². The van der Waals surface area contributed by atoms with Gasteiger partial charge in [-0.15, -0.1) is 5.10 Å². The molecule has 0 bridgehead atoms. The zero-order valence-corrected chi connectivity index (χ0v) is 14.4. The van der Waals surface area contributed by atoms with E-state index in [0.29, 0.717) is 31.0 Å². The third kappa shape index (κ3) is 4.37. The summed E-state index contributed by atoms with van der Waals surface area (Å²) < 4.78 is 6.61. The molecule has 2 aromatic rings. The number of nitrogens with zero attached hydrogens (tertiary/aromatic N) is 3. The molecule has 1 saturated carbocycles. The van der Waals surface area contributed by atoms with Crippen molar-refractivity contribution in [2.75, 3.05) is 12.4 Å². The molecule has 0 radical (unpaired) electrons. The van der Waals surface area contributed by atoms with Gasteiger partial charge < -0.3 is 25.6 Å². The van der Waals surface area contributed by atoms with Crippen LogP contribution in [0.25, 0.3) is 0 Å². The lowest BCUT2D eigenvalue weighted by Gasteiger charge is -2.18. The van der Waals surface area contributed by atoms with Crippen molar-refractivity contribution in [1.29, 1.82) is 0 Å². The number of carbonyl (C=O) groups is 1. The number of aliphatic hydroxyl groups excluding tert-OH is 2. The van der Waals surface area contributed by atoms with Gasteiger partial charge in [0.1, 0.15) is 11.8 Å². The highest BCUT2D eigenvalue weighted by atomic mass is 16.5. The molecule has 2 amide bonds. The Balaban J connectivity index is 1.55. The Kier molecular flexibility index (Phi) is 5.82. The number of benzene rings is 1. The number of methoxy groups -OCH3 is 1. The quantitative estimate of drug-likeness (QED) is 0.589. The normalized spacial score (nSPS) is 25.2. The van der Waals surface area contributed by atoms with Crippen LogP contribution < -0.4 is 10.6 Å². The molecule has 9 nitrogen and oxygen atoms in total. The van der Waals surface area contributed by atoms with Crippen LogP contribution in [-0.4, -0.2) is 56.6 Å². The average Bonchev–Trinajstić information content (AvgIpc) is 3.17. The highest BCUT2D eigenvalue weighted by Gasteiger charge is 2.42. The summed E-state index contributed by atoms with van der Waals surface area (Å²) in [6.45, 7) is 0.757. The van der Waals surface area contributed by atoms with Gasteiger partial charge in [0.2, 0.25) is 0 Å². The number of nitrogens with one attached hydrogen (secondary N) is 2. The largest absolute Gasteiger partial charge is 0.390 e. The predicted octanol–water partition coefficient (Wildman–Crippen LogP) is 0.356. The summed E-state index contributed by atoms with van der Waals surface area (Å²) in [6.07, 6.45) is 0.186. The van der Waals surface area contributed by atoms with Gasteiger partial charge in [0.05, 0.1) is 24.9 Å². The smallest absolute Gasteiger partial charge is 0.319 e. The molecule has 0 saturated heterocycles. The van der Waals surface area contributed by atoms with Gasteiger partial charge in [0, 0.05) is 25.3 Å². The third-order valence-corrected chi connectivity index (χ3v) is 4.45. The third-order valence-electron chi connectivity index (χ3n) is 4.45. The van der Waals surface area contributed by atoms with Gasteiger partial charge in [0.15, 0.2) is 0 Å². The Morgan fingerprint density at radius 1 is 1.31 bits per heavy atom. The van der Waals surface area contributed by atoms with E-state index in [0.717, 1.165) is 0 Å². The van der Waals surface area contributed by atoms with E-state index in [9.17, 15) is 15.0 Å². The van der Waals surface area contributed by atoms with Crippen molar-refractivity contribution < 1.29 is 19.7 Å². The maximum absolute atomic E-state index is 12.1. The molecule has 26 heavy (non-hydrogen) atoms. The molecule has 0 aliphatic heterocycles. The SMILES string of the molecule is COCc1cn(CC2CC(NC(=O)Nc3ccccc3)C(O)C2O)nn1. The molecular weight excluding hydrogens is 338 g/mol. The van der Waals surface area contributed by atoms with Gasteiger partial charge in [-0.05, 0) is 18.6 Å². The molecule has 1 heterocycles. The number of carbonyl (C=O) groups excluding carboxylic acids is 1. The molecule has 1 aliphatic carbocycles. The summed E-state index contributed by atoms with van der Waals surface area (Å²) in [4.78, 5) is 12.1. The van der Waals surface area contributed by atoms with Crippen LogP contribution in [0.5, 0.6) is 0 Å². The minimum Gasteiger partial charge on any atom is -0.390 e. The lowest BCUT2D eigenvalue weighted by atomic mass is 10.1. The summed E-state index contributed by atoms with van der Waals surface area (Å²) in [5.41, 5.74) is 1.35. The second kappa shape index (κ2) is 8.26. The summed E-state index contributed by atoms with van der Waals surface area (Å²) in [5, 5.41) is 33.9. The molecule has 140 valence electrons. The number of urea groups is 1. The van der Waals surface area contributed by atoms with Gasteiger partial charge in [-0.1, -0.05) is 23.4 Å². The summed E-state index contributed by atoms with van der Waals surface area (Å²) in [6, 6.07) is 8.06. The van der Waals surface area contributed by atoms with Gasteiger partial charge in [-0.25, -0.2) is 4.79 Å². The summed E-state index contributed by atoms with van der Waals surface area (Å²) >= 11 is 0. The Morgan fingerprint density at radius 2 is 2.08 bits per heavy atom.